The normalized spacial score (nSPS) is 16.5. The summed E-state index contributed by atoms with van der Waals surface area (Å²) in [6.45, 7) is 4.98. The molecule has 0 spiro atoms. The van der Waals surface area contributed by atoms with Crippen molar-refractivity contribution in [2.75, 3.05) is 33.8 Å². The lowest BCUT2D eigenvalue weighted by Crippen LogP contribution is -2.46. The van der Waals surface area contributed by atoms with Crippen molar-refractivity contribution in [2.45, 2.75) is 64.7 Å². The number of esters is 1. The summed E-state index contributed by atoms with van der Waals surface area (Å²) in [7, 11) is 3.30. The molecular weight excluding hydrogens is 290 g/mol. The van der Waals surface area contributed by atoms with Crippen LogP contribution >= 0.6 is 0 Å². The van der Waals surface area contributed by atoms with Gasteiger partial charge in [-0.2, -0.15) is 0 Å². The van der Waals surface area contributed by atoms with E-state index in [1.54, 1.807) is 0 Å². The molecule has 0 radical (unpaired) electrons. The van der Waals surface area contributed by atoms with Gasteiger partial charge in [0.1, 0.15) is 0 Å². The van der Waals surface area contributed by atoms with Gasteiger partial charge in [0.15, 0.2) is 5.96 Å². The number of guanidine groups is 1. The molecular formula is C18H35N3O2. The van der Waals surface area contributed by atoms with E-state index in [-0.39, 0.29) is 11.9 Å². The van der Waals surface area contributed by atoms with Gasteiger partial charge in [0.2, 0.25) is 0 Å². The minimum Gasteiger partial charge on any atom is -0.469 e. The van der Waals surface area contributed by atoms with Gasteiger partial charge in [0.05, 0.1) is 13.0 Å². The van der Waals surface area contributed by atoms with E-state index < -0.39 is 0 Å². The number of aliphatic imine (C=N–C) groups is 1. The molecule has 1 aliphatic rings. The molecule has 1 fully saturated rings. The zero-order chi connectivity index (χ0) is 16.9. The number of nitrogens with one attached hydrogen (secondary N) is 1. The molecule has 0 aliphatic carbocycles. The number of hydrogen-bond acceptors (Lipinski definition) is 3. The van der Waals surface area contributed by atoms with Gasteiger partial charge in [-0.3, -0.25) is 9.79 Å². The minimum atomic E-state index is -0.0735. The predicted molar refractivity (Wildman–Crippen MR) is 95.7 cm³/mol. The van der Waals surface area contributed by atoms with Crippen molar-refractivity contribution in [3.05, 3.63) is 0 Å². The fourth-order valence-corrected chi connectivity index (χ4v) is 3.11. The number of likely N-dealkylation sites (tertiary alicyclic amines) is 1. The number of unbranched alkanes of at least 4 members (excludes halogenated alkanes) is 6. The van der Waals surface area contributed by atoms with Crippen molar-refractivity contribution >= 4 is 11.9 Å². The molecule has 0 unspecified atom stereocenters. The highest BCUT2D eigenvalue weighted by Gasteiger charge is 2.26. The Morgan fingerprint density at radius 3 is 2.30 bits per heavy atom. The van der Waals surface area contributed by atoms with E-state index in [1.807, 2.05) is 7.05 Å². The van der Waals surface area contributed by atoms with Crippen molar-refractivity contribution in [1.82, 2.24) is 10.2 Å². The summed E-state index contributed by atoms with van der Waals surface area (Å²) in [5.74, 6) is 0.951. The Kier molecular flexibility index (Phi) is 10.5. The molecule has 1 rings (SSSR count). The van der Waals surface area contributed by atoms with Crippen LogP contribution in [0, 0.1) is 5.92 Å². The van der Waals surface area contributed by atoms with Crippen molar-refractivity contribution < 1.29 is 9.53 Å². The first kappa shape index (κ1) is 19.8. The number of carbonyl (C=O) groups excluding carboxylic acids is 1. The summed E-state index contributed by atoms with van der Waals surface area (Å²) in [6.07, 6.45) is 10.9. The van der Waals surface area contributed by atoms with Crippen LogP contribution in [-0.2, 0) is 9.53 Å². The standard InChI is InChI=1S/C18H35N3O2/c1-4-5-6-7-8-9-10-13-20-18(19-2)21-14-11-16(12-15-21)17(22)23-3/h16H,4-15H2,1-3H3,(H,19,20). The maximum absolute atomic E-state index is 11.6. The Morgan fingerprint density at radius 1 is 1.13 bits per heavy atom. The molecule has 0 aromatic rings. The van der Waals surface area contributed by atoms with Gasteiger partial charge in [0, 0.05) is 26.7 Å². The third kappa shape index (κ3) is 7.71. The third-order valence-corrected chi connectivity index (χ3v) is 4.60. The van der Waals surface area contributed by atoms with E-state index in [2.05, 4.69) is 22.1 Å². The minimum absolute atomic E-state index is 0.0532. The Labute approximate surface area is 141 Å². The maximum Gasteiger partial charge on any atom is 0.308 e. The zero-order valence-corrected chi connectivity index (χ0v) is 15.3. The largest absolute Gasteiger partial charge is 0.469 e. The fraction of sp³-hybridized carbons (Fsp3) is 0.889. The van der Waals surface area contributed by atoms with E-state index in [4.69, 9.17) is 4.74 Å². The molecule has 0 aromatic heterocycles. The Hall–Kier alpha value is -1.26. The van der Waals surface area contributed by atoms with Crippen LogP contribution in [-0.4, -0.2) is 50.6 Å². The van der Waals surface area contributed by atoms with Gasteiger partial charge < -0.3 is 15.0 Å². The summed E-state index contributed by atoms with van der Waals surface area (Å²) in [5.41, 5.74) is 0. The summed E-state index contributed by atoms with van der Waals surface area (Å²) >= 11 is 0. The van der Waals surface area contributed by atoms with Gasteiger partial charge in [0.25, 0.3) is 0 Å². The molecule has 0 atom stereocenters. The maximum atomic E-state index is 11.6. The SMILES string of the molecule is CCCCCCCCCNC(=NC)N1CCC(C(=O)OC)CC1. The lowest BCUT2D eigenvalue weighted by Gasteiger charge is -2.33. The van der Waals surface area contributed by atoms with Gasteiger partial charge in [-0.15, -0.1) is 0 Å². The molecule has 1 aliphatic heterocycles. The van der Waals surface area contributed by atoms with Gasteiger partial charge >= 0.3 is 5.97 Å². The molecule has 1 saturated heterocycles. The fourth-order valence-electron chi connectivity index (χ4n) is 3.11. The summed E-state index contributed by atoms with van der Waals surface area (Å²) < 4.78 is 4.84. The Balaban J connectivity index is 2.14. The van der Waals surface area contributed by atoms with Crippen LogP contribution in [0.4, 0.5) is 0 Å². The van der Waals surface area contributed by atoms with Crippen LogP contribution in [0.1, 0.15) is 64.7 Å². The number of rotatable bonds is 9. The summed E-state index contributed by atoms with van der Waals surface area (Å²) in [5, 5.41) is 3.46. The number of nitrogens with zero attached hydrogens (tertiary/aromatic N) is 2. The average Bonchev–Trinajstić information content (AvgIpc) is 2.60. The molecule has 0 amide bonds. The third-order valence-electron chi connectivity index (χ3n) is 4.60. The zero-order valence-electron chi connectivity index (χ0n) is 15.3. The number of carbonyl (C=O) groups is 1. The average molecular weight is 325 g/mol. The van der Waals surface area contributed by atoms with Crippen molar-refractivity contribution in [2.24, 2.45) is 10.9 Å². The molecule has 0 aromatic carbocycles. The van der Waals surface area contributed by atoms with Crippen LogP contribution in [0.3, 0.4) is 0 Å². The Bertz CT molecular complexity index is 350. The summed E-state index contributed by atoms with van der Waals surface area (Å²) in [4.78, 5) is 18.2. The van der Waals surface area contributed by atoms with Crippen LogP contribution in [0.25, 0.3) is 0 Å². The first-order chi connectivity index (χ1) is 11.2. The number of hydrogen-bond donors (Lipinski definition) is 1. The van der Waals surface area contributed by atoms with Gasteiger partial charge in [-0.05, 0) is 19.3 Å². The van der Waals surface area contributed by atoms with E-state index in [0.717, 1.165) is 38.4 Å². The highest BCUT2D eigenvalue weighted by atomic mass is 16.5. The van der Waals surface area contributed by atoms with Gasteiger partial charge in [-0.25, -0.2) is 0 Å². The van der Waals surface area contributed by atoms with Crippen LogP contribution in [0.2, 0.25) is 0 Å². The molecule has 0 bridgehead atoms. The molecule has 23 heavy (non-hydrogen) atoms. The number of ether oxygens (including phenoxy) is 1. The van der Waals surface area contributed by atoms with E-state index in [9.17, 15) is 4.79 Å². The van der Waals surface area contributed by atoms with Crippen molar-refractivity contribution in [1.29, 1.82) is 0 Å². The monoisotopic (exact) mass is 325 g/mol. The van der Waals surface area contributed by atoms with Crippen molar-refractivity contribution in [3.8, 4) is 0 Å². The van der Waals surface area contributed by atoms with E-state index in [0.29, 0.717) is 0 Å². The molecule has 1 N–H and O–H groups in total. The molecule has 5 heteroatoms. The second kappa shape index (κ2) is 12.2. The number of piperidine rings is 1. The Morgan fingerprint density at radius 2 is 1.74 bits per heavy atom. The van der Waals surface area contributed by atoms with Crippen LogP contribution < -0.4 is 5.32 Å². The molecule has 0 saturated carbocycles. The topological polar surface area (TPSA) is 53.9 Å². The highest BCUT2D eigenvalue weighted by molar-refractivity contribution is 5.80. The predicted octanol–water partition coefficient (Wildman–Crippen LogP) is 3.20. The summed E-state index contributed by atoms with van der Waals surface area (Å²) in [6, 6.07) is 0. The second-order valence-corrected chi connectivity index (χ2v) is 6.38. The first-order valence-electron chi connectivity index (χ1n) is 9.26. The van der Waals surface area contributed by atoms with E-state index >= 15 is 0 Å². The highest BCUT2D eigenvalue weighted by Crippen LogP contribution is 2.18. The van der Waals surface area contributed by atoms with Gasteiger partial charge in [-0.1, -0.05) is 45.4 Å². The molecule has 1 heterocycles. The lowest BCUT2D eigenvalue weighted by molar-refractivity contribution is -0.146. The number of methoxy groups -OCH3 is 1. The van der Waals surface area contributed by atoms with Crippen LogP contribution in [0.15, 0.2) is 4.99 Å². The smallest absolute Gasteiger partial charge is 0.308 e. The molecule has 5 nitrogen and oxygen atoms in total. The quantitative estimate of drug-likeness (QED) is 0.306. The first-order valence-corrected chi connectivity index (χ1v) is 9.26. The van der Waals surface area contributed by atoms with Crippen molar-refractivity contribution in [3.63, 3.8) is 0 Å². The molecule has 134 valence electrons. The van der Waals surface area contributed by atoms with Crippen LogP contribution in [0.5, 0.6) is 0 Å². The van der Waals surface area contributed by atoms with E-state index in [1.165, 1.54) is 52.1 Å². The second-order valence-electron chi connectivity index (χ2n) is 6.38. The lowest BCUT2D eigenvalue weighted by atomic mass is 9.97.